The number of ether oxygens (including phenoxy) is 2. The Bertz CT molecular complexity index is 965. The van der Waals surface area contributed by atoms with Gasteiger partial charge in [-0.2, -0.15) is 0 Å². The van der Waals surface area contributed by atoms with Gasteiger partial charge in [0.15, 0.2) is 0 Å². The number of likely N-dealkylation sites (N-methyl/N-ethyl adjacent to an activating group) is 1. The van der Waals surface area contributed by atoms with Crippen molar-refractivity contribution in [2.75, 3.05) is 20.2 Å². The lowest BCUT2D eigenvalue weighted by atomic mass is 10.0. The number of nitrogens with zero attached hydrogens (tertiary/aromatic N) is 2. The summed E-state index contributed by atoms with van der Waals surface area (Å²) >= 11 is 0. The van der Waals surface area contributed by atoms with E-state index in [-0.39, 0.29) is 30.6 Å². The molecule has 2 aromatic carbocycles. The van der Waals surface area contributed by atoms with E-state index in [1.807, 2.05) is 94.2 Å². The lowest BCUT2D eigenvalue weighted by molar-refractivity contribution is -0.138. The van der Waals surface area contributed by atoms with Gasteiger partial charge in [0.1, 0.15) is 11.4 Å². The van der Waals surface area contributed by atoms with Gasteiger partial charge >= 0.3 is 0 Å². The normalized spacial score (nSPS) is 14.2. The molecule has 0 N–H and O–H groups in total. The van der Waals surface area contributed by atoms with Crippen LogP contribution in [0.2, 0.25) is 0 Å². The third-order valence-corrected chi connectivity index (χ3v) is 5.07. The Hall–Kier alpha value is -3.12. The molecule has 6 nitrogen and oxygen atoms in total. The number of amides is 2. The van der Waals surface area contributed by atoms with Crippen LogP contribution in [0.5, 0.6) is 5.75 Å². The first-order valence-corrected chi connectivity index (χ1v) is 11.0. The zero-order chi connectivity index (χ0) is 23.3. The average Bonchev–Trinajstić information content (AvgIpc) is 2.99. The first kappa shape index (κ1) is 23.5. The molecular weight excluding hydrogens is 404 g/mol. The van der Waals surface area contributed by atoms with Crippen molar-refractivity contribution in [1.82, 2.24) is 9.80 Å². The van der Waals surface area contributed by atoms with E-state index in [1.165, 1.54) is 4.90 Å². The highest BCUT2D eigenvalue weighted by atomic mass is 16.5. The summed E-state index contributed by atoms with van der Waals surface area (Å²) < 4.78 is 11.3. The molecule has 0 unspecified atom stereocenters. The highest BCUT2D eigenvalue weighted by Gasteiger charge is 2.40. The minimum Gasteiger partial charge on any atom is -0.491 e. The van der Waals surface area contributed by atoms with Gasteiger partial charge in [-0.15, -0.1) is 0 Å². The van der Waals surface area contributed by atoms with Crippen LogP contribution in [0.3, 0.4) is 0 Å². The van der Waals surface area contributed by atoms with Gasteiger partial charge in [-0.25, -0.2) is 0 Å². The summed E-state index contributed by atoms with van der Waals surface area (Å²) in [6, 6.07) is 17.2. The third-order valence-electron chi connectivity index (χ3n) is 5.07. The minimum absolute atomic E-state index is 0.0314. The number of rotatable bonds is 10. The van der Waals surface area contributed by atoms with E-state index in [0.717, 1.165) is 11.3 Å². The van der Waals surface area contributed by atoms with Crippen molar-refractivity contribution in [3.8, 4) is 5.75 Å². The number of hydrogen-bond donors (Lipinski definition) is 0. The molecule has 170 valence electrons. The Balaban J connectivity index is 1.93. The van der Waals surface area contributed by atoms with Crippen LogP contribution in [0.15, 0.2) is 60.3 Å². The average molecular weight is 437 g/mol. The Kier molecular flexibility index (Phi) is 7.70. The van der Waals surface area contributed by atoms with Crippen LogP contribution in [-0.2, 0) is 20.9 Å². The molecule has 0 spiro atoms. The summed E-state index contributed by atoms with van der Waals surface area (Å²) in [5, 5.41) is 0. The van der Waals surface area contributed by atoms with Gasteiger partial charge in [0.25, 0.3) is 11.8 Å². The van der Waals surface area contributed by atoms with Crippen molar-refractivity contribution >= 4 is 17.4 Å². The molecule has 32 heavy (non-hydrogen) atoms. The zero-order valence-electron chi connectivity index (χ0n) is 19.5. The van der Waals surface area contributed by atoms with E-state index >= 15 is 0 Å². The molecule has 2 amide bonds. The van der Waals surface area contributed by atoms with Gasteiger partial charge in [-0.1, -0.05) is 42.5 Å². The predicted octanol–water partition coefficient (Wildman–Crippen LogP) is 4.11. The van der Waals surface area contributed by atoms with Crippen molar-refractivity contribution in [3.63, 3.8) is 0 Å². The molecule has 0 saturated carbocycles. The van der Waals surface area contributed by atoms with E-state index < -0.39 is 0 Å². The molecule has 0 aromatic heterocycles. The maximum Gasteiger partial charge on any atom is 0.277 e. The minimum atomic E-state index is -0.296. The van der Waals surface area contributed by atoms with Gasteiger partial charge in [0.05, 0.1) is 30.9 Å². The Labute approximate surface area is 190 Å². The molecule has 0 aliphatic carbocycles. The predicted molar refractivity (Wildman–Crippen MR) is 125 cm³/mol. The molecule has 6 heteroatoms. The summed E-state index contributed by atoms with van der Waals surface area (Å²) in [6.07, 6.45) is 0.0859. The molecule has 2 aromatic rings. The summed E-state index contributed by atoms with van der Waals surface area (Å²) in [6.45, 7) is 8.82. The number of imide groups is 1. The molecule has 0 fully saturated rings. The number of benzene rings is 2. The molecule has 0 radical (unpaired) electrons. The summed E-state index contributed by atoms with van der Waals surface area (Å²) in [5.74, 6) is 0.135. The van der Waals surface area contributed by atoms with Crippen LogP contribution in [0.4, 0.5) is 0 Å². The Morgan fingerprint density at radius 3 is 2.12 bits per heavy atom. The van der Waals surface area contributed by atoms with Crippen LogP contribution in [0.25, 0.3) is 5.57 Å². The van der Waals surface area contributed by atoms with Crippen LogP contribution in [-0.4, -0.2) is 54.0 Å². The lowest BCUT2D eigenvalue weighted by Crippen LogP contribution is -2.37. The topological polar surface area (TPSA) is 59.1 Å². The van der Waals surface area contributed by atoms with Crippen molar-refractivity contribution in [2.45, 2.75) is 46.4 Å². The van der Waals surface area contributed by atoms with Crippen molar-refractivity contribution in [1.29, 1.82) is 0 Å². The van der Waals surface area contributed by atoms with Gasteiger partial charge in [-0.05, 0) is 51.0 Å². The number of carbonyl (C=O) groups excluding carboxylic acids is 2. The van der Waals surface area contributed by atoms with E-state index in [2.05, 4.69) is 0 Å². The first-order valence-electron chi connectivity index (χ1n) is 11.0. The summed E-state index contributed by atoms with van der Waals surface area (Å²) in [5.41, 5.74) is 2.57. The zero-order valence-corrected chi connectivity index (χ0v) is 19.5. The second kappa shape index (κ2) is 10.5. The molecule has 3 rings (SSSR count). The largest absolute Gasteiger partial charge is 0.491 e. The van der Waals surface area contributed by atoms with E-state index in [0.29, 0.717) is 30.0 Å². The summed E-state index contributed by atoms with van der Waals surface area (Å²) in [4.78, 5) is 29.8. The quantitative estimate of drug-likeness (QED) is 0.525. The standard InChI is InChI=1S/C26H32N2O4/c1-18(2)31-16-15-28-25(29)23(21-11-13-22(14-12-21)32-19(3)4)24(26(28)30)27(5)17-20-9-7-6-8-10-20/h6-14,18-19H,15-17H2,1-5H3. The van der Waals surface area contributed by atoms with Crippen LogP contribution in [0.1, 0.15) is 38.8 Å². The fourth-order valence-electron chi connectivity index (χ4n) is 3.67. The van der Waals surface area contributed by atoms with Crippen LogP contribution < -0.4 is 4.74 Å². The van der Waals surface area contributed by atoms with Crippen molar-refractivity contribution in [2.24, 2.45) is 0 Å². The smallest absolute Gasteiger partial charge is 0.277 e. The fourth-order valence-corrected chi connectivity index (χ4v) is 3.67. The van der Waals surface area contributed by atoms with E-state index in [4.69, 9.17) is 9.47 Å². The highest BCUT2D eigenvalue weighted by Crippen LogP contribution is 2.32. The van der Waals surface area contributed by atoms with Gasteiger partial charge < -0.3 is 14.4 Å². The molecular formula is C26H32N2O4. The molecule has 0 atom stereocenters. The molecule has 0 saturated heterocycles. The molecule has 1 aliphatic rings. The monoisotopic (exact) mass is 436 g/mol. The second-order valence-electron chi connectivity index (χ2n) is 8.44. The maximum absolute atomic E-state index is 13.4. The van der Waals surface area contributed by atoms with Crippen LogP contribution in [0, 0.1) is 0 Å². The van der Waals surface area contributed by atoms with Gasteiger partial charge in [0, 0.05) is 13.6 Å². The van der Waals surface area contributed by atoms with Crippen LogP contribution >= 0.6 is 0 Å². The fraction of sp³-hybridized carbons (Fsp3) is 0.385. The van der Waals surface area contributed by atoms with Gasteiger partial charge in [-0.3, -0.25) is 14.5 Å². The van der Waals surface area contributed by atoms with E-state index in [1.54, 1.807) is 0 Å². The van der Waals surface area contributed by atoms with Crippen molar-refractivity contribution < 1.29 is 19.1 Å². The van der Waals surface area contributed by atoms with E-state index in [9.17, 15) is 9.59 Å². The third kappa shape index (κ3) is 5.56. The second-order valence-corrected chi connectivity index (χ2v) is 8.44. The maximum atomic E-state index is 13.4. The van der Waals surface area contributed by atoms with Gasteiger partial charge in [0.2, 0.25) is 0 Å². The lowest BCUT2D eigenvalue weighted by Gasteiger charge is -2.22. The first-order chi connectivity index (χ1) is 15.3. The molecule has 1 aliphatic heterocycles. The molecule has 1 heterocycles. The SMILES string of the molecule is CC(C)OCCN1C(=O)C(c2ccc(OC(C)C)cc2)=C(N(C)Cc2ccccc2)C1=O. The number of hydrogen-bond acceptors (Lipinski definition) is 5. The van der Waals surface area contributed by atoms with Crippen molar-refractivity contribution in [3.05, 3.63) is 71.4 Å². The summed E-state index contributed by atoms with van der Waals surface area (Å²) in [7, 11) is 1.85. The number of carbonyl (C=O) groups is 2. The highest BCUT2D eigenvalue weighted by molar-refractivity contribution is 6.35. The Morgan fingerprint density at radius 1 is 0.875 bits per heavy atom. The Morgan fingerprint density at radius 2 is 1.53 bits per heavy atom. The molecule has 0 bridgehead atoms.